The number of rotatable bonds is 9. The molecule has 3 aromatic heterocycles. The summed E-state index contributed by atoms with van der Waals surface area (Å²) in [5.74, 6) is 2.78. The molecule has 0 saturated heterocycles. The van der Waals surface area contributed by atoms with Gasteiger partial charge in [0.2, 0.25) is 0 Å². The lowest BCUT2D eigenvalue weighted by Gasteiger charge is -2.22. The third kappa shape index (κ3) is 6.62. The van der Waals surface area contributed by atoms with Gasteiger partial charge < -0.3 is 19.2 Å². The Labute approximate surface area is 186 Å². The molecule has 0 aliphatic heterocycles. The Morgan fingerprint density at radius 2 is 2.25 bits per heavy atom. The van der Waals surface area contributed by atoms with Gasteiger partial charge in [0.05, 0.1) is 12.8 Å². The van der Waals surface area contributed by atoms with Crippen LogP contribution in [0.4, 0.5) is 0 Å². The number of nitrogens with one attached hydrogen (secondary N) is 1. The normalized spacial score (nSPS) is 11.3. The summed E-state index contributed by atoms with van der Waals surface area (Å²) in [5.41, 5.74) is 0. The molecule has 28 heavy (non-hydrogen) atoms. The average Bonchev–Trinajstić information content (AvgIpc) is 3.43. The van der Waals surface area contributed by atoms with Crippen molar-refractivity contribution in [3.8, 4) is 0 Å². The predicted molar refractivity (Wildman–Crippen MR) is 123 cm³/mol. The molecular formula is C19H27IN6OS. The largest absolute Gasteiger partial charge is 0.467 e. The molecule has 0 unspecified atom stereocenters. The number of hydrogen-bond acceptors (Lipinski definition) is 5. The van der Waals surface area contributed by atoms with Crippen molar-refractivity contribution in [1.82, 2.24) is 25.0 Å². The second-order valence-corrected chi connectivity index (χ2v) is 7.22. The van der Waals surface area contributed by atoms with E-state index in [0.717, 1.165) is 50.0 Å². The van der Waals surface area contributed by atoms with Gasteiger partial charge in [0.15, 0.2) is 5.96 Å². The van der Waals surface area contributed by atoms with Gasteiger partial charge >= 0.3 is 0 Å². The van der Waals surface area contributed by atoms with Crippen LogP contribution in [0.3, 0.4) is 0 Å². The van der Waals surface area contributed by atoms with E-state index in [4.69, 9.17) is 9.41 Å². The fourth-order valence-corrected chi connectivity index (χ4v) is 3.48. The van der Waals surface area contributed by atoms with Crippen molar-refractivity contribution in [3.05, 3.63) is 58.7 Å². The Bertz CT molecular complexity index is 815. The van der Waals surface area contributed by atoms with Crippen LogP contribution < -0.4 is 5.32 Å². The summed E-state index contributed by atoms with van der Waals surface area (Å²) < 4.78 is 7.54. The van der Waals surface area contributed by atoms with Crippen molar-refractivity contribution in [2.45, 2.75) is 32.9 Å². The minimum Gasteiger partial charge on any atom is -0.467 e. The highest BCUT2D eigenvalue weighted by Gasteiger charge is 2.09. The maximum absolute atomic E-state index is 5.47. The molecule has 7 nitrogen and oxygen atoms in total. The van der Waals surface area contributed by atoms with Crippen LogP contribution in [0, 0.1) is 0 Å². The van der Waals surface area contributed by atoms with Crippen LogP contribution in [0.5, 0.6) is 0 Å². The lowest BCUT2D eigenvalue weighted by Crippen LogP contribution is -2.40. The molecule has 3 rings (SSSR count). The fraction of sp³-hybridized carbons (Fsp3) is 0.421. The SMILES string of the molecule is CCc1nncn1CCNC(=NCCc1cccs1)N(C)Cc1ccco1.I. The van der Waals surface area contributed by atoms with Crippen molar-refractivity contribution in [2.75, 3.05) is 20.1 Å². The number of furan rings is 1. The lowest BCUT2D eigenvalue weighted by atomic mass is 10.3. The summed E-state index contributed by atoms with van der Waals surface area (Å²) in [4.78, 5) is 8.23. The van der Waals surface area contributed by atoms with E-state index in [1.165, 1.54) is 4.88 Å². The van der Waals surface area contributed by atoms with E-state index < -0.39 is 0 Å². The molecule has 0 atom stereocenters. The van der Waals surface area contributed by atoms with Crippen molar-refractivity contribution in [3.63, 3.8) is 0 Å². The molecule has 0 amide bonds. The Hall–Kier alpha value is -1.88. The highest BCUT2D eigenvalue weighted by molar-refractivity contribution is 14.0. The minimum atomic E-state index is 0. The maximum atomic E-state index is 5.47. The first kappa shape index (κ1) is 22.4. The highest BCUT2D eigenvalue weighted by Crippen LogP contribution is 2.09. The van der Waals surface area contributed by atoms with Gasteiger partial charge in [-0.05, 0) is 23.6 Å². The van der Waals surface area contributed by atoms with Crippen molar-refractivity contribution >= 4 is 41.3 Å². The molecule has 9 heteroatoms. The summed E-state index contributed by atoms with van der Waals surface area (Å²) in [5, 5.41) is 13.7. The summed E-state index contributed by atoms with van der Waals surface area (Å²) in [7, 11) is 2.02. The van der Waals surface area contributed by atoms with Gasteiger partial charge in [-0.1, -0.05) is 13.0 Å². The minimum absolute atomic E-state index is 0. The molecule has 0 radical (unpaired) electrons. The van der Waals surface area contributed by atoms with Crippen LogP contribution in [0.1, 0.15) is 23.4 Å². The van der Waals surface area contributed by atoms with Crippen LogP contribution in [0.25, 0.3) is 0 Å². The number of guanidine groups is 1. The van der Waals surface area contributed by atoms with Crippen molar-refractivity contribution < 1.29 is 4.42 Å². The smallest absolute Gasteiger partial charge is 0.194 e. The van der Waals surface area contributed by atoms with E-state index in [2.05, 4.69) is 49.4 Å². The first-order valence-electron chi connectivity index (χ1n) is 9.17. The predicted octanol–water partition coefficient (Wildman–Crippen LogP) is 3.43. The number of aliphatic imine (C=N–C) groups is 1. The molecule has 0 aromatic carbocycles. The molecule has 0 bridgehead atoms. The fourth-order valence-electron chi connectivity index (χ4n) is 2.78. The summed E-state index contributed by atoms with van der Waals surface area (Å²) in [6, 6.07) is 8.11. The summed E-state index contributed by atoms with van der Waals surface area (Å²) >= 11 is 1.77. The molecule has 0 aliphatic rings. The number of halogens is 1. The molecule has 152 valence electrons. The Kier molecular flexibility index (Phi) is 9.48. The van der Waals surface area contributed by atoms with E-state index in [9.17, 15) is 0 Å². The molecule has 0 fully saturated rings. The standard InChI is InChI=1S/C19H26N6OS.HI/c1-3-18-23-22-15-25(18)11-10-21-19(20-9-8-17-7-5-13-27-17)24(2)14-16-6-4-12-26-16;/h4-7,12-13,15H,3,8-11,14H2,1-2H3,(H,20,21);1H. The van der Waals surface area contributed by atoms with Crippen molar-refractivity contribution in [2.24, 2.45) is 4.99 Å². The molecule has 3 aromatic rings. The number of hydrogen-bond donors (Lipinski definition) is 1. The first-order valence-corrected chi connectivity index (χ1v) is 10.0. The van der Waals surface area contributed by atoms with Gasteiger partial charge in [0, 0.05) is 44.4 Å². The second kappa shape index (κ2) is 11.8. The first-order chi connectivity index (χ1) is 13.3. The van der Waals surface area contributed by atoms with Crippen LogP contribution >= 0.6 is 35.3 Å². The van der Waals surface area contributed by atoms with Gasteiger partial charge in [0.1, 0.15) is 17.9 Å². The van der Waals surface area contributed by atoms with Gasteiger partial charge in [-0.2, -0.15) is 0 Å². The topological polar surface area (TPSA) is 71.5 Å². The van der Waals surface area contributed by atoms with Gasteiger partial charge in [-0.25, -0.2) is 0 Å². The number of thiophene rings is 1. The Morgan fingerprint density at radius 1 is 1.36 bits per heavy atom. The zero-order valence-electron chi connectivity index (χ0n) is 16.2. The Balaban J connectivity index is 0.00000280. The highest BCUT2D eigenvalue weighted by atomic mass is 127. The van der Waals surface area contributed by atoms with Gasteiger partial charge in [-0.3, -0.25) is 4.99 Å². The van der Waals surface area contributed by atoms with E-state index in [0.29, 0.717) is 6.54 Å². The third-order valence-electron chi connectivity index (χ3n) is 4.18. The third-order valence-corrected chi connectivity index (χ3v) is 5.12. The van der Waals surface area contributed by atoms with E-state index in [1.54, 1.807) is 23.9 Å². The second-order valence-electron chi connectivity index (χ2n) is 6.19. The maximum Gasteiger partial charge on any atom is 0.194 e. The monoisotopic (exact) mass is 514 g/mol. The lowest BCUT2D eigenvalue weighted by molar-refractivity contribution is 0.398. The molecule has 0 spiro atoms. The molecule has 3 heterocycles. The quantitative estimate of drug-likeness (QED) is 0.269. The van der Waals surface area contributed by atoms with Gasteiger partial charge in [-0.15, -0.1) is 45.5 Å². The van der Waals surface area contributed by atoms with Crippen LogP contribution in [-0.2, 0) is 25.9 Å². The number of aryl methyl sites for hydroxylation is 1. The zero-order chi connectivity index (χ0) is 18.9. The molecule has 1 N–H and O–H groups in total. The molecular weight excluding hydrogens is 487 g/mol. The van der Waals surface area contributed by atoms with E-state index in [-0.39, 0.29) is 24.0 Å². The number of nitrogens with zero attached hydrogens (tertiary/aromatic N) is 5. The summed E-state index contributed by atoms with van der Waals surface area (Å²) in [6.45, 7) is 5.06. The molecule has 0 saturated carbocycles. The van der Waals surface area contributed by atoms with Crippen LogP contribution in [0.2, 0.25) is 0 Å². The Morgan fingerprint density at radius 3 is 2.96 bits per heavy atom. The van der Waals surface area contributed by atoms with Crippen molar-refractivity contribution in [1.29, 1.82) is 0 Å². The van der Waals surface area contributed by atoms with Crippen LogP contribution in [-0.4, -0.2) is 45.8 Å². The van der Waals surface area contributed by atoms with E-state index >= 15 is 0 Å². The average molecular weight is 514 g/mol. The summed E-state index contributed by atoms with van der Waals surface area (Å²) in [6.07, 6.45) is 5.30. The van der Waals surface area contributed by atoms with Gasteiger partial charge in [0.25, 0.3) is 0 Å². The number of aromatic nitrogens is 3. The molecule has 0 aliphatic carbocycles. The van der Waals surface area contributed by atoms with Crippen LogP contribution in [0.15, 0.2) is 51.6 Å². The zero-order valence-corrected chi connectivity index (χ0v) is 19.4. The van der Waals surface area contributed by atoms with E-state index in [1.807, 2.05) is 19.2 Å².